The number of sulfonamides is 1. The van der Waals surface area contributed by atoms with Crippen molar-refractivity contribution in [2.24, 2.45) is 5.92 Å². The maximum absolute atomic E-state index is 12.7. The molecule has 0 radical (unpaired) electrons. The first kappa shape index (κ1) is 21.3. The van der Waals surface area contributed by atoms with E-state index in [-0.39, 0.29) is 11.8 Å². The van der Waals surface area contributed by atoms with Crippen LogP contribution >= 0.6 is 0 Å². The van der Waals surface area contributed by atoms with E-state index in [0.29, 0.717) is 32.5 Å². The van der Waals surface area contributed by atoms with Gasteiger partial charge in [-0.15, -0.1) is 0 Å². The number of rotatable bonds is 8. The first-order valence-corrected chi connectivity index (χ1v) is 11.5. The second kappa shape index (κ2) is 9.89. The molecule has 2 aromatic rings. The Morgan fingerprint density at radius 2 is 2.03 bits per heavy atom. The fourth-order valence-corrected chi connectivity index (χ4v) is 4.80. The minimum atomic E-state index is -3.46. The number of aryl methyl sites for hydroxylation is 1. The van der Waals surface area contributed by atoms with Gasteiger partial charge in [0, 0.05) is 24.9 Å². The average Bonchev–Trinajstić information content (AvgIpc) is 3.15. The number of carbonyl (C=O) groups excluding carboxylic acids is 1. The zero-order valence-electron chi connectivity index (χ0n) is 16.7. The second-order valence-electron chi connectivity index (χ2n) is 7.45. The third-order valence-corrected chi connectivity index (χ3v) is 6.64. The van der Waals surface area contributed by atoms with Crippen molar-refractivity contribution in [3.63, 3.8) is 0 Å². The van der Waals surface area contributed by atoms with Gasteiger partial charge in [0.2, 0.25) is 15.9 Å². The highest BCUT2D eigenvalue weighted by Crippen LogP contribution is 2.24. The number of piperidine rings is 1. The summed E-state index contributed by atoms with van der Waals surface area (Å²) in [4.78, 5) is 12.1. The van der Waals surface area contributed by atoms with Crippen LogP contribution < -0.4 is 5.32 Å². The fraction of sp³-hybridized carbons (Fsp3) is 0.409. The zero-order chi connectivity index (χ0) is 20.7. The van der Waals surface area contributed by atoms with Gasteiger partial charge in [0.1, 0.15) is 11.5 Å². The summed E-state index contributed by atoms with van der Waals surface area (Å²) in [6.45, 7) is 3.24. The Morgan fingerprint density at radius 3 is 2.76 bits per heavy atom. The molecule has 0 aliphatic carbocycles. The summed E-state index contributed by atoms with van der Waals surface area (Å²) in [5.74, 6) is 1.71. The molecule has 0 spiro atoms. The van der Waals surface area contributed by atoms with Gasteiger partial charge < -0.3 is 9.73 Å². The molecule has 1 N–H and O–H groups in total. The van der Waals surface area contributed by atoms with E-state index in [9.17, 15) is 13.2 Å². The molecule has 6 nitrogen and oxygen atoms in total. The molecular formula is C22H28N2O4S. The molecule has 3 rings (SSSR count). The highest BCUT2D eigenvalue weighted by molar-refractivity contribution is 7.92. The lowest BCUT2D eigenvalue weighted by Crippen LogP contribution is -2.39. The lowest BCUT2D eigenvalue weighted by Gasteiger charge is -2.31. The van der Waals surface area contributed by atoms with E-state index in [4.69, 9.17) is 4.42 Å². The molecule has 7 heteroatoms. The van der Waals surface area contributed by atoms with Crippen LogP contribution in [0.2, 0.25) is 0 Å². The number of nitrogens with one attached hydrogen (secondary N) is 1. The highest BCUT2D eigenvalue weighted by Gasteiger charge is 2.27. The third kappa shape index (κ3) is 6.58. The maximum atomic E-state index is 12.7. The monoisotopic (exact) mass is 416 g/mol. The Balaban J connectivity index is 1.47. The number of benzene rings is 1. The van der Waals surface area contributed by atoms with Crippen molar-refractivity contribution in [2.75, 3.05) is 13.1 Å². The van der Waals surface area contributed by atoms with Crippen LogP contribution in [-0.4, -0.2) is 31.7 Å². The summed E-state index contributed by atoms with van der Waals surface area (Å²) < 4.78 is 32.3. The van der Waals surface area contributed by atoms with Crippen LogP contribution in [0.3, 0.4) is 0 Å². The Kier molecular flexibility index (Phi) is 7.28. The van der Waals surface area contributed by atoms with Crippen LogP contribution in [0, 0.1) is 12.8 Å². The molecule has 0 bridgehead atoms. The Bertz CT molecular complexity index is 935. The van der Waals surface area contributed by atoms with Crippen molar-refractivity contribution in [1.82, 2.24) is 9.62 Å². The van der Waals surface area contributed by atoms with Gasteiger partial charge in [0.05, 0.1) is 6.54 Å². The number of hydrogen-bond donors (Lipinski definition) is 1. The fourth-order valence-electron chi connectivity index (χ4n) is 3.50. The van der Waals surface area contributed by atoms with Crippen LogP contribution in [0.25, 0.3) is 6.08 Å². The standard InChI is InChI=1S/C22H28N2O4S/c1-18-9-11-21(28-18)16-23-22(25)12-10-20-8-5-14-24(17-20)29(26,27)15-13-19-6-3-2-4-7-19/h2-4,6-7,9,11,13,15,20H,5,8,10,12,14,16-17H2,1H3,(H,23,25)/b15-13+/t20-/m0/s1. The first-order chi connectivity index (χ1) is 13.9. The summed E-state index contributed by atoms with van der Waals surface area (Å²) in [6.07, 6.45) is 4.45. The molecule has 1 aromatic carbocycles. The summed E-state index contributed by atoms with van der Waals surface area (Å²) in [7, 11) is -3.46. The van der Waals surface area contributed by atoms with Crippen LogP contribution in [-0.2, 0) is 21.4 Å². The van der Waals surface area contributed by atoms with Crippen molar-refractivity contribution in [1.29, 1.82) is 0 Å². The lowest BCUT2D eigenvalue weighted by molar-refractivity contribution is -0.121. The Labute approximate surface area is 172 Å². The summed E-state index contributed by atoms with van der Waals surface area (Å²) >= 11 is 0. The topological polar surface area (TPSA) is 79.6 Å². The molecule has 156 valence electrons. The molecule has 1 aromatic heterocycles. The van der Waals surface area contributed by atoms with E-state index in [0.717, 1.165) is 29.9 Å². The normalized spacial score (nSPS) is 18.2. The SMILES string of the molecule is Cc1ccc(CNC(=O)CC[C@@H]2CCCN(S(=O)(=O)/C=C/c3ccccc3)C2)o1. The van der Waals surface area contributed by atoms with Crippen molar-refractivity contribution in [3.8, 4) is 0 Å². The van der Waals surface area contributed by atoms with E-state index >= 15 is 0 Å². The molecule has 1 fully saturated rings. The van der Waals surface area contributed by atoms with Gasteiger partial charge in [0.15, 0.2) is 0 Å². The summed E-state index contributed by atoms with van der Waals surface area (Å²) in [5, 5.41) is 4.14. The molecule has 1 saturated heterocycles. The number of furan rings is 1. The quantitative estimate of drug-likeness (QED) is 0.712. The van der Waals surface area contributed by atoms with E-state index in [1.54, 1.807) is 6.08 Å². The number of amides is 1. The summed E-state index contributed by atoms with van der Waals surface area (Å²) in [5.41, 5.74) is 0.855. The van der Waals surface area contributed by atoms with Crippen LogP contribution in [0.4, 0.5) is 0 Å². The molecule has 1 aliphatic rings. The number of carbonyl (C=O) groups is 1. The minimum Gasteiger partial charge on any atom is -0.465 e. The predicted molar refractivity (Wildman–Crippen MR) is 113 cm³/mol. The van der Waals surface area contributed by atoms with Gasteiger partial charge >= 0.3 is 0 Å². The maximum Gasteiger partial charge on any atom is 0.236 e. The molecule has 2 heterocycles. The van der Waals surface area contributed by atoms with Crippen molar-refractivity contribution < 1.29 is 17.6 Å². The lowest BCUT2D eigenvalue weighted by atomic mass is 9.94. The van der Waals surface area contributed by atoms with Crippen LogP contribution in [0.15, 0.2) is 52.3 Å². The van der Waals surface area contributed by atoms with Gasteiger partial charge in [-0.25, -0.2) is 8.42 Å². The molecule has 1 amide bonds. The van der Waals surface area contributed by atoms with Crippen molar-refractivity contribution >= 4 is 22.0 Å². The highest BCUT2D eigenvalue weighted by atomic mass is 32.2. The average molecular weight is 417 g/mol. The Hall–Kier alpha value is -2.38. The van der Waals surface area contributed by atoms with Crippen molar-refractivity contribution in [3.05, 3.63) is 65.0 Å². The molecular weight excluding hydrogens is 388 g/mol. The zero-order valence-corrected chi connectivity index (χ0v) is 17.5. The number of hydrogen-bond acceptors (Lipinski definition) is 4. The van der Waals surface area contributed by atoms with Crippen LogP contribution in [0.5, 0.6) is 0 Å². The van der Waals surface area contributed by atoms with Gasteiger partial charge in [-0.05, 0) is 55.9 Å². The van der Waals surface area contributed by atoms with Crippen molar-refractivity contribution in [2.45, 2.75) is 39.2 Å². The van der Waals surface area contributed by atoms with Crippen LogP contribution in [0.1, 0.15) is 42.8 Å². The van der Waals surface area contributed by atoms with E-state index in [1.807, 2.05) is 49.4 Å². The molecule has 29 heavy (non-hydrogen) atoms. The third-order valence-electron chi connectivity index (χ3n) is 5.11. The second-order valence-corrected chi connectivity index (χ2v) is 9.27. The first-order valence-electron chi connectivity index (χ1n) is 9.98. The van der Waals surface area contributed by atoms with Gasteiger partial charge in [-0.2, -0.15) is 4.31 Å². The van der Waals surface area contributed by atoms with Gasteiger partial charge in [-0.1, -0.05) is 30.3 Å². The minimum absolute atomic E-state index is 0.0389. The van der Waals surface area contributed by atoms with Gasteiger partial charge in [0.25, 0.3) is 0 Å². The molecule has 1 atom stereocenters. The predicted octanol–water partition coefficient (Wildman–Crippen LogP) is 3.70. The van der Waals surface area contributed by atoms with Gasteiger partial charge in [-0.3, -0.25) is 4.79 Å². The smallest absolute Gasteiger partial charge is 0.236 e. The van der Waals surface area contributed by atoms with E-state index < -0.39 is 10.0 Å². The van der Waals surface area contributed by atoms with E-state index in [2.05, 4.69) is 5.32 Å². The molecule has 0 saturated carbocycles. The Morgan fingerprint density at radius 1 is 1.24 bits per heavy atom. The molecule has 1 aliphatic heterocycles. The summed E-state index contributed by atoms with van der Waals surface area (Å²) in [6, 6.07) is 13.1. The molecule has 0 unspecified atom stereocenters. The number of nitrogens with zero attached hydrogens (tertiary/aromatic N) is 1. The largest absolute Gasteiger partial charge is 0.465 e. The van der Waals surface area contributed by atoms with E-state index in [1.165, 1.54) is 9.71 Å².